The first-order valence-corrected chi connectivity index (χ1v) is 3.79. The largest absolute Gasteiger partial charge is 0.364 e. The van der Waals surface area contributed by atoms with Gasteiger partial charge in [-0.2, -0.15) is 0 Å². The number of pyridine rings is 1. The first-order valence-electron chi connectivity index (χ1n) is 3.00. The number of alkyl halides is 1. The molecule has 0 aliphatic carbocycles. The minimum absolute atomic E-state index is 0.293. The molecule has 0 aliphatic rings. The predicted octanol–water partition coefficient (Wildman–Crippen LogP) is 2.22. The van der Waals surface area contributed by atoms with Crippen LogP contribution < -0.4 is 0 Å². The van der Waals surface area contributed by atoms with Crippen LogP contribution in [0, 0.1) is 10.1 Å². The van der Waals surface area contributed by atoms with Crippen LogP contribution in [0.5, 0.6) is 0 Å². The van der Waals surface area contributed by atoms with E-state index in [9.17, 15) is 14.5 Å². The summed E-state index contributed by atoms with van der Waals surface area (Å²) >= 11 is 2.99. The smallest absolute Gasteiger partial charge is 0.358 e. The minimum atomic E-state index is -0.689. The highest BCUT2D eigenvalue weighted by Crippen LogP contribution is 2.20. The predicted molar refractivity (Wildman–Crippen MR) is 43.4 cm³/mol. The standard InChI is InChI=1S/C6H4BrFN2O2/c7-5-1-6(10(11)12)9-3-4(5)2-8/h1,3H,2H2. The molecule has 6 heteroatoms. The third-order valence-corrected chi connectivity index (χ3v) is 1.98. The highest BCUT2D eigenvalue weighted by atomic mass is 79.9. The fourth-order valence-corrected chi connectivity index (χ4v) is 1.06. The molecular weight excluding hydrogens is 231 g/mol. The summed E-state index contributed by atoms with van der Waals surface area (Å²) in [5.74, 6) is -0.293. The van der Waals surface area contributed by atoms with Crippen LogP contribution in [0.15, 0.2) is 16.7 Å². The molecule has 0 aliphatic heterocycles. The van der Waals surface area contributed by atoms with E-state index in [0.717, 1.165) is 6.20 Å². The number of hydrogen-bond donors (Lipinski definition) is 0. The lowest BCUT2D eigenvalue weighted by Gasteiger charge is -1.95. The van der Waals surface area contributed by atoms with Gasteiger partial charge in [-0.1, -0.05) is 0 Å². The quantitative estimate of drug-likeness (QED) is 0.583. The second kappa shape index (κ2) is 3.57. The number of rotatable bonds is 2. The summed E-state index contributed by atoms with van der Waals surface area (Å²) in [7, 11) is 0. The van der Waals surface area contributed by atoms with Crippen molar-refractivity contribution in [2.45, 2.75) is 6.67 Å². The van der Waals surface area contributed by atoms with Crippen LogP contribution in [-0.4, -0.2) is 9.91 Å². The summed E-state index contributed by atoms with van der Waals surface area (Å²) in [6.45, 7) is -0.689. The summed E-state index contributed by atoms with van der Waals surface area (Å²) in [5, 5.41) is 10.2. The van der Waals surface area contributed by atoms with E-state index in [0.29, 0.717) is 10.0 Å². The van der Waals surface area contributed by atoms with E-state index < -0.39 is 11.6 Å². The summed E-state index contributed by atoms with van der Waals surface area (Å²) in [5.41, 5.74) is 0.306. The molecule has 0 amide bonds. The Bertz CT molecular complexity index is 318. The van der Waals surface area contributed by atoms with Crippen molar-refractivity contribution >= 4 is 21.7 Å². The van der Waals surface area contributed by atoms with Crippen molar-refractivity contribution in [1.29, 1.82) is 0 Å². The maximum Gasteiger partial charge on any atom is 0.364 e. The van der Waals surface area contributed by atoms with Gasteiger partial charge in [-0.05, 0) is 25.8 Å². The van der Waals surface area contributed by atoms with Crippen molar-refractivity contribution in [2.75, 3.05) is 0 Å². The molecule has 1 heterocycles. The van der Waals surface area contributed by atoms with Gasteiger partial charge in [0.1, 0.15) is 12.9 Å². The van der Waals surface area contributed by atoms with Crippen molar-refractivity contribution in [3.63, 3.8) is 0 Å². The van der Waals surface area contributed by atoms with Gasteiger partial charge in [0.2, 0.25) is 0 Å². The average Bonchev–Trinajstić information content (AvgIpc) is 2.04. The molecule has 12 heavy (non-hydrogen) atoms. The van der Waals surface area contributed by atoms with E-state index in [4.69, 9.17) is 0 Å². The van der Waals surface area contributed by atoms with Gasteiger partial charge < -0.3 is 10.1 Å². The van der Waals surface area contributed by atoms with Crippen LogP contribution in [0.2, 0.25) is 0 Å². The summed E-state index contributed by atoms with van der Waals surface area (Å²) in [6.07, 6.45) is 1.14. The second-order valence-corrected chi connectivity index (χ2v) is 2.88. The zero-order chi connectivity index (χ0) is 9.14. The summed E-state index contributed by atoms with van der Waals surface area (Å²) in [6, 6.07) is 1.18. The number of halogens is 2. The Hall–Kier alpha value is -1.04. The lowest BCUT2D eigenvalue weighted by Crippen LogP contribution is -1.93. The highest BCUT2D eigenvalue weighted by molar-refractivity contribution is 9.10. The van der Waals surface area contributed by atoms with Crippen molar-refractivity contribution in [1.82, 2.24) is 4.98 Å². The van der Waals surface area contributed by atoms with E-state index in [1.807, 2.05) is 0 Å². The van der Waals surface area contributed by atoms with Gasteiger partial charge in [-0.3, -0.25) is 0 Å². The third-order valence-electron chi connectivity index (χ3n) is 1.25. The van der Waals surface area contributed by atoms with E-state index in [1.54, 1.807) is 0 Å². The first-order chi connectivity index (χ1) is 5.65. The molecule has 0 saturated carbocycles. The molecule has 0 aromatic carbocycles. The molecule has 0 saturated heterocycles. The molecule has 0 spiro atoms. The number of aromatic nitrogens is 1. The van der Waals surface area contributed by atoms with Gasteiger partial charge in [0.15, 0.2) is 0 Å². The Morgan fingerprint density at radius 2 is 2.42 bits per heavy atom. The fourth-order valence-electron chi connectivity index (χ4n) is 0.647. The normalized spacial score (nSPS) is 9.83. The van der Waals surface area contributed by atoms with Gasteiger partial charge in [0.25, 0.3) is 0 Å². The molecule has 1 aromatic heterocycles. The third kappa shape index (κ3) is 1.76. The second-order valence-electron chi connectivity index (χ2n) is 2.02. The Morgan fingerprint density at radius 3 is 2.83 bits per heavy atom. The van der Waals surface area contributed by atoms with Crippen molar-refractivity contribution in [2.24, 2.45) is 0 Å². The van der Waals surface area contributed by atoms with Crippen LogP contribution in [-0.2, 0) is 6.67 Å². The van der Waals surface area contributed by atoms with Crippen LogP contribution in [0.1, 0.15) is 5.56 Å². The molecular formula is C6H4BrFN2O2. The van der Waals surface area contributed by atoms with Crippen molar-refractivity contribution in [3.8, 4) is 0 Å². The van der Waals surface area contributed by atoms with Gasteiger partial charge in [-0.25, -0.2) is 4.39 Å². The Morgan fingerprint density at radius 1 is 1.75 bits per heavy atom. The van der Waals surface area contributed by atoms with Gasteiger partial charge >= 0.3 is 5.82 Å². The van der Waals surface area contributed by atoms with E-state index in [1.165, 1.54) is 6.07 Å². The van der Waals surface area contributed by atoms with Gasteiger partial charge in [0.05, 0.1) is 6.07 Å². The zero-order valence-electron chi connectivity index (χ0n) is 5.83. The SMILES string of the molecule is O=[N+]([O-])c1cc(Br)c(CF)cn1. The van der Waals surface area contributed by atoms with E-state index >= 15 is 0 Å². The molecule has 1 rings (SSSR count). The van der Waals surface area contributed by atoms with Crippen LogP contribution in [0.4, 0.5) is 10.2 Å². The molecule has 1 aromatic rings. The maximum absolute atomic E-state index is 12.1. The van der Waals surface area contributed by atoms with Crippen LogP contribution in [0.25, 0.3) is 0 Å². The lowest BCUT2D eigenvalue weighted by atomic mass is 10.3. The molecule has 64 valence electrons. The molecule has 0 fully saturated rings. The van der Waals surface area contributed by atoms with Crippen LogP contribution >= 0.6 is 15.9 Å². The molecule has 0 atom stereocenters. The van der Waals surface area contributed by atoms with Crippen molar-refractivity contribution < 1.29 is 9.31 Å². The molecule has 0 N–H and O–H groups in total. The first kappa shape index (κ1) is 9.05. The van der Waals surface area contributed by atoms with E-state index in [2.05, 4.69) is 20.9 Å². The Labute approximate surface area is 75.7 Å². The molecule has 4 nitrogen and oxygen atoms in total. The molecule has 0 unspecified atom stereocenters. The molecule has 0 bridgehead atoms. The lowest BCUT2D eigenvalue weighted by molar-refractivity contribution is -0.389. The fraction of sp³-hybridized carbons (Fsp3) is 0.167. The monoisotopic (exact) mass is 234 g/mol. The minimum Gasteiger partial charge on any atom is -0.358 e. The number of nitro groups is 1. The maximum atomic E-state index is 12.1. The van der Waals surface area contributed by atoms with Gasteiger partial charge in [0, 0.05) is 10.0 Å². The van der Waals surface area contributed by atoms with Gasteiger partial charge in [-0.15, -0.1) is 0 Å². The number of hydrogen-bond acceptors (Lipinski definition) is 3. The Kier molecular flexibility index (Phi) is 2.69. The topological polar surface area (TPSA) is 56.0 Å². The average molecular weight is 235 g/mol. The summed E-state index contributed by atoms with van der Waals surface area (Å²) < 4.78 is 12.4. The van der Waals surface area contributed by atoms with Crippen molar-refractivity contribution in [3.05, 3.63) is 32.4 Å². The zero-order valence-corrected chi connectivity index (χ0v) is 7.41. The Balaban J connectivity index is 3.10. The van der Waals surface area contributed by atoms with E-state index in [-0.39, 0.29) is 5.82 Å². The molecule has 0 radical (unpaired) electrons. The number of nitrogens with zero attached hydrogens (tertiary/aromatic N) is 2. The highest BCUT2D eigenvalue weighted by Gasteiger charge is 2.10. The summed E-state index contributed by atoms with van der Waals surface area (Å²) in [4.78, 5) is 13.0. The van der Waals surface area contributed by atoms with Crippen LogP contribution in [0.3, 0.4) is 0 Å².